The minimum atomic E-state index is -0.342. The van der Waals surface area contributed by atoms with E-state index in [9.17, 15) is 0 Å². The van der Waals surface area contributed by atoms with Crippen molar-refractivity contribution in [1.29, 1.82) is 0 Å². The zero-order chi connectivity index (χ0) is 13.2. The maximum Gasteiger partial charge on any atom is 0.0726 e. The molecule has 4 heteroatoms. The van der Waals surface area contributed by atoms with Crippen molar-refractivity contribution < 1.29 is 0 Å². The summed E-state index contributed by atoms with van der Waals surface area (Å²) in [7, 11) is 0. The number of hydrogen-bond acceptors (Lipinski definition) is 4. The largest absolute Gasteiger partial charge is 0.381 e. The Morgan fingerprint density at radius 1 is 1.16 bits per heavy atom. The molecule has 4 nitrogen and oxygen atoms in total. The van der Waals surface area contributed by atoms with Crippen LogP contribution in [0.15, 0.2) is 24.3 Å². The Morgan fingerprint density at radius 2 is 1.95 bits per heavy atom. The molecule has 2 aromatic rings. The number of fused-ring (bicyclic) bond motifs is 2. The molecule has 5 N–H and O–H groups in total. The van der Waals surface area contributed by atoms with Gasteiger partial charge in [0.15, 0.2) is 0 Å². The van der Waals surface area contributed by atoms with Crippen LogP contribution in [0.25, 0.3) is 10.9 Å². The molecule has 1 aromatic carbocycles. The standard InChI is InChI=1S/C15H20N4/c16-14(17)9-18-15-10-5-1-3-7-12(10)19-13-8-4-2-6-11(13)15/h1,3,5,7,14H,2,4,6,8-9,16-17H2,(H,18,19). The van der Waals surface area contributed by atoms with Crippen LogP contribution in [0.4, 0.5) is 5.69 Å². The molecule has 0 amide bonds. The lowest BCUT2D eigenvalue weighted by Crippen LogP contribution is -2.37. The van der Waals surface area contributed by atoms with Crippen LogP contribution in [0.2, 0.25) is 0 Å². The fourth-order valence-corrected chi connectivity index (χ4v) is 2.79. The number of nitrogens with two attached hydrogens (primary N) is 2. The van der Waals surface area contributed by atoms with Gasteiger partial charge in [-0.3, -0.25) is 4.98 Å². The van der Waals surface area contributed by atoms with Crippen molar-refractivity contribution in [3.8, 4) is 0 Å². The first kappa shape index (κ1) is 12.4. The van der Waals surface area contributed by atoms with E-state index in [0.29, 0.717) is 6.54 Å². The molecular formula is C15H20N4. The zero-order valence-corrected chi connectivity index (χ0v) is 11.0. The summed E-state index contributed by atoms with van der Waals surface area (Å²) in [6.07, 6.45) is 4.29. The Hall–Kier alpha value is -1.65. The molecule has 0 aliphatic heterocycles. The number of nitrogens with zero attached hydrogens (tertiary/aromatic N) is 1. The molecule has 0 bridgehead atoms. The smallest absolute Gasteiger partial charge is 0.0726 e. The van der Waals surface area contributed by atoms with Crippen LogP contribution in [-0.2, 0) is 12.8 Å². The molecule has 1 aliphatic carbocycles. The zero-order valence-electron chi connectivity index (χ0n) is 11.0. The molecule has 1 aliphatic rings. The molecule has 3 rings (SSSR count). The first-order valence-corrected chi connectivity index (χ1v) is 6.91. The third-order valence-corrected chi connectivity index (χ3v) is 3.68. The number of anilines is 1. The van der Waals surface area contributed by atoms with Crippen LogP contribution in [-0.4, -0.2) is 17.7 Å². The van der Waals surface area contributed by atoms with E-state index < -0.39 is 0 Å². The van der Waals surface area contributed by atoms with Gasteiger partial charge in [0, 0.05) is 23.3 Å². The highest BCUT2D eigenvalue weighted by molar-refractivity contribution is 5.93. The summed E-state index contributed by atoms with van der Waals surface area (Å²) in [4.78, 5) is 4.80. The van der Waals surface area contributed by atoms with Gasteiger partial charge in [-0.2, -0.15) is 0 Å². The number of rotatable bonds is 3. The molecule has 0 fully saturated rings. The number of hydrogen-bond donors (Lipinski definition) is 3. The van der Waals surface area contributed by atoms with Crippen molar-refractivity contribution in [3.05, 3.63) is 35.5 Å². The number of para-hydroxylation sites is 1. The highest BCUT2D eigenvalue weighted by Crippen LogP contribution is 2.32. The van der Waals surface area contributed by atoms with Crippen LogP contribution in [0.1, 0.15) is 24.1 Å². The van der Waals surface area contributed by atoms with Gasteiger partial charge in [0.05, 0.1) is 11.7 Å². The molecule has 100 valence electrons. The molecule has 0 radical (unpaired) electrons. The molecular weight excluding hydrogens is 236 g/mol. The summed E-state index contributed by atoms with van der Waals surface area (Å²) in [5.74, 6) is 0. The van der Waals surface area contributed by atoms with E-state index >= 15 is 0 Å². The minimum Gasteiger partial charge on any atom is -0.381 e. The Balaban J connectivity index is 2.13. The molecule has 0 saturated heterocycles. The first-order valence-electron chi connectivity index (χ1n) is 6.91. The third kappa shape index (κ3) is 2.41. The highest BCUT2D eigenvalue weighted by Gasteiger charge is 2.17. The van der Waals surface area contributed by atoms with Gasteiger partial charge >= 0.3 is 0 Å². The van der Waals surface area contributed by atoms with E-state index in [4.69, 9.17) is 16.5 Å². The predicted octanol–water partition coefficient (Wildman–Crippen LogP) is 1.77. The first-order chi connectivity index (χ1) is 9.25. The summed E-state index contributed by atoms with van der Waals surface area (Å²) in [5, 5.41) is 4.60. The SMILES string of the molecule is NC(N)CNc1c2c(nc3ccccc13)CCCC2. The molecule has 19 heavy (non-hydrogen) atoms. The summed E-state index contributed by atoms with van der Waals surface area (Å²) < 4.78 is 0. The molecule has 1 aromatic heterocycles. The van der Waals surface area contributed by atoms with Gasteiger partial charge in [-0.15, -0.1) is 0 Å². The van der Waals surface area contributed by atoms with Crippen LogP contribution < -0.4 is 16.8 Å². The van der Waals surface area contributed by atoms with E-state index in [1.165, 1.54) is 35.2 Å². The van der Waals surface area contributed by atoms with Crippen molar-refractivity contribution >= 4 is 16.6 Å². The minimum absolute atomic E-state index is 0.342. The Bertz CT molecular complexity index is 592. The van der Waals surface area contributed by atoms with E-state index in [1.807, 2.05) is 12.1 Å². The summed E-state index contributed by atoms with van der Waals surface area (Å²) in [6.45, 7) is 0.584. The lowest BCUT2D eigenvalue weighted by molar-refractivity contribution is 0.670. The van der Waals surface area contributed by atoms with Gasteiger partial charge in [0.1, 0.15) is 0 Å². The van der Waals surface area contributed by atoms with Gasteiger partial charge in [-0.05, 0) is 37.3 Å². The molecule has 0 saturated carbocycles. The highest BCUT2D eigenvalue weighted by atomic mass is 15.0. The Morgan fingerprint density at radius 3 is 2.79 bits per heavy atom. The van der Waals surface area contributed by atoms with Crippen molar-refractivity contribution in [2.24, 2.45) is 11.5 Å². The quantitative estimate of drug-likeness (QED) is 0.731. The lowest BCUT2D eigenvalue weighted by Gasteiger charge is -2.22. The number of aromatic nitrogens is 1. The second-order valence-electron chi connectivity index (χ2n) is 5.18. The van der Waals surface area contributed by atoms with Crippen LogP contribution >= 0.6 is 0 Å². The fourth-order valence-electron chi connectivity index (χ4n) is 2.79. The number of nitrogens with one attached hydrogen (secondary N) is 1. The van der Waals surface area contributed by atoms with Crippen molar-refractivity contribution in [3.63, 3.8) is 0 Å². The van der Waals surface area contributed by atoms with Crippen LogP contribution in [0.3, 0.4) is 0 Å². The molecule has 0 spiro atoms. The van der Waals surface area contributed by atoms with Crippen molar-refractivity contribution in [2.45, 2.75) is 31.8 Å². The van der Waals surface area contributed by atoms with Crippen LogP contribution in [0.5, 0.6) is 0 Å². The Kier molecular flexibility index (Phi) is 3.36. The monoisotopic (exact) mass is 256 g/mol. The van der Waals surface area contributed by atoms with E-state index in [1.54, 1.807) is 0 Å². The van der Waals surface area contributed by atoms with Gasteiger partial charge < -0.3 is 16.8 Å². The average Bonchev–Trinajstić information content (AvgIpc) is 2.43. The van der Waals surface area contributed by atoms with Gasteiger partial charge in [-0.1, -0.05) is 18.2 Å². The predicted molar refractivity (Wildman–Crippen MR) is 79.0 cm³/mol. The van der Waals surface area contributed by atoms with Gasteiger partial charge in [0.2, 0.25) is 0 Å². The second kappa shape index (κ2) is 5.15. The number of pyridine rings is 1. The molecule has 1 heterocycles. The summed E-state index contributed by atoms with van der Waals surface area (Å²) in [5.41, 5.74) is 16.1. The van der Waals surface area contributed by atoms with Gasteiger partial charge in [-0.25, -0.2) is 0 Å². The maximum absolute atomic E-state index is 5.66. The summed E-state index contributed by atoms with van der Waals surface area (Å²) in [6, 6.07) is 8.26. The Labute approximate surface area is 113 Å². The normalized spacial score (nSPS) is 14.7. The van der Waals surface area contributed by atoms with Gasteiger partial charge in [0.25, 0.3) is 0 Å². The third-order valence-electron chi connectivity index (χ3n) is 3.68. The van der Waals surface area contributed by atoms with Crippen molar-refractivity contribution in [2.75, 3.05) is 11.9 Å². The van der Waals surface area contributed by atoms with E-state index in [2.05, 4.69) is 17.4 Å². The lowest BCUT2D eigenvalue weighted by atomic mass is 9.92. The van der Waals surface area contributed by atoms with E-state index in [-0.39, 0.29) is 6.17 Å². The van der Waals surface area contributed by atoms with E-state index in [0.717, 1.165) is 18.4 Å². The van der Waals surface area contributed by atoms with Crippen molar-refractivity contribution in [1.82, 2.24) is 4.98 Å². The van der Waals surface area contributed by atoms with Crippen LogP contribution in [0, 0.1) is 0 Å². The topological polar surface area (TPSA) is 77.0 Å². The molecule has 0 unspecified atom stereocenters. The fraction of sp³-hybridized carbons (Fsp3) is 0.400. The number of aryl methyl sites for hydroxylation is 1. The number of benzene rings is 1. The maximum atomic E-state index is 5.66. The average molecular weight is 256 g/mol. The molecule has 0 atom stereocenters. The second-order valence-corrected chi connectivity index (χ2v) is 5.18. The summed E-state index contributed by atoms with van der Waals surface area (Å²) >= 11 is 0.